The van der Waals surface area contributed by atoms with Crippen molar-refractivity contribution < 1.29 is 23.8 Å². The van der Waals surface area contributed by atoms with Gasteiger partial charge in [-0.25, -0.2) is 4.79 Å². The van der Waals surface area contributed by atoms with Gasteiger partial charge >= 0.3 is 5.63 Å². The normalized spacial score (nSPS) is 13.2. The number of aromatic hydroxyl groups is 1. The van der Waals surface area contributed by atoms with Crippen LogP contribution in [-0.2, 0) is 11.2 Å². The minimum absolute atomic E-state index is 0.0318. The Balaban J connectivity index is 1.29. The van der Waals surface area contributed by atoms with Gasteiger partial charge in [0.2, 0.25) is 12.7 Å². The van der Waals surface area contributed by atoms with Gasteiger partial charge < -0.3 is 29.3 Å². The van der Waals surface area contributed by atoms with Crippen molar-refractivity contribution in [3.05, 3.63) is 100 Å². The first kappa shape index (κ1) is 22.7. The van der Waals surface area contributed by atoms with E-state index in [1.165, 1.54) is 0 Å². The molecule has 0 saturated heterocycles. The minimum Gasteiger partial charge on any atom is -0.507 e. The lowest BCUT2D eigenvalue weighted by molar-refractivity contribution is -0.121. The third-order valence-electron chi connectivity index (χ3n) is 6.75. The molecule has 6 rings (SSSR count). The van der Waals surface area contributed by atoms with Crippen molar-refractivity contribution in [3.63, 3.8) is 0 Å². The van der Waals surface area contributed by atoms with Crippen LogP contribution in [0.5, 0.6) is 17.2 Å². The largest absolute Gasteiger partial charge is 0.507 e. The Labute approximate surface area is 211 Å². The highest BCUT2D eigenvalue weighted by atomic mass is 16.7. The van der Waals surface area contributed by atoms with Crippen molar-refractivity contribution >= 4 is 27.8 Å². The van der Waals surface area contributed by atoms with E-state index in [1.54, 1.807) is 42.5 Å². The fourth-order valence-electron chi connectivity index (χ4n) is 4.90. The van der Waals surface area contributed by atoms with E-state index >= 15 is 0 Å². The number of fused-ring (bicyclic) bond motifs is 3. The maximum Gasteiger partial charge on any atom is 0.343 e. The van der Waals surface area contributed by atoms with Gasteiger partial charge in [-0.1, -0.05) is 36.4 Å². The van der Waals surface area contributed by atoms with Gasteiger partial charge in [0, 0.05) is 36.0 Å². The topological polar surface area (TPSA) is 114 Å². The molecule has 0 spiro atoms. The number of aromatic amines is 1. The highest BCUT2D eigenvalue weighted by Gasteiger charge is 2.28. The minimum atomic E-state index is -0.761. The molecule has 0 radical (unpaired) electrons. The first-order valence-electron chi connectivity index (χ1n) is 12.0. The molecule has 37 heavy (non-hydrogen) atoms. The van der Waals surface area contributed by atoms with E-state index in [4.69, 9.17) is 13.9 Å². The van der Waals surface area contributed by atoms with Crippen LogP contribution in [-0.4, -0.2) is 29.3 Å². The number of benzene rings is 3. The van der Waals surface area contributed by atoms with Crippen molar-refractivity contribution in [1.82, 2.24) is 10.3 Å². The first-order valence-corrected chi connectivity index (χ1v) is 12.0. The zero-order valence-corrected chi connectivity index (χ0v) is 19.8. The highest BCUT2D eigenvalue weighted by molar-refractivity contribution is 5.85. The van der Waals surface area contributed by atoms with Crippen molar-refractivity contribution in [2.75, 3.05) is 13.3 Å². The van der Waals surface area contributed by atoms with Crippen LogP contribution in [0.15, 0.2) is 82.1 Å². The molecule has 0 bridgehead atoms. The van der Waals surface area contributed by atoms with Crippen LogP contribution in [0.1, 0.15) is 29.0 Å². The highest BCUT2D eigenvalue weighted by Crippen LogP contribution is 2.40. The molecular formula is C29H24N2O6. The predicted octanol–water partition coefficient (Wildman–Crippen LogP) is 4.59. The number of amides is 1. The Morgan fingerprint density at radius 3 is 2.68 bits per heavy atom. The second-order valence-electron chi connectivity index (χ2n) is 8.98. The van der Waals surface area contributed by atoms with Gasteiger partial charge in [0.15, 0.2) is 11.5 Å². The van der Waals surface area contributed by atoms with Gasteiger partial charge in [-0.2, -0.15) is 0 Å². The Morgan fingerprint density at radius 2 is 1.78 bits per heavy atom. The molecular weight excluding hydrogens is 472 g/mol. The monoisotopic (exact) mass is 496 g/mol. The lowest BCUT2D eigenvalue weighted by Gasteiger charge is -2.19. The van der Waals surface area contributed by atoms with Crippen LogP contribution < -0.4 is 20.4 Å². The molecule has 0 fully saturated rings. The predicted molar refractivity (Wildman–Crippen MR) is 138 cm³/mol. The van der Waals surface area contributed by atoms with Crippen molar-refractivity contribution in [2.24, 2.45) is 0 Å². The average molecular weight is 497 g/mol. The molecule has 3 aromatic carbocycles. The molecule has 0 saturated carbocycles. The standard InChI is InChI=1S/C29H24N2O6/c32-26(30-12-11-18-15-31-22-7-3-1-5-19(18)22)14-21(17-9-10-24-25(13-17)36-16-35-24)27-28(33)20-6-2-4-8-23(20)37-29(27)34/h1-10,13,15,21,31,33H,11-12,14,16H2,(H,30,32). The molecule has 1 amide bonds. The van der Waals surface area contributed by atoms with Crippen molar-refractivity contribution in [1.29, 1.82) is 0 Å². The van der Waals surface area contributed by atoms with Gasteiger partial charge in [-0.15, -0.1) is 0 Å². The summed E-state index contributed by atoms with van der Waals surface area (Å²) < 4.78 is 16.4. The molecule has 3 heterocycles. The van der Waals surface area contributed by atoms with Gasteiger partial charge in [-0.05, 0) is 47.9 Å². The number of carbonyl (C=O) groups excluding carboxylic acids is 1. The lowest BCUT2D eigenvalue weighted by Crippen LogP contribution is -2.28. The molecule has 8 heteroatoms. The van der Waals surface area contributed by atoms with Gasteiger partial charge in [0.25, 0.3) is 0 Å². The first-order chi connectivity index (χ1) is 18.1. The lowest BCUT2D eigenvalue weighted by atomic mass is 9.87. The number of hydrogen-bond donors (Lipinski definition) is 3. The molecule has 1 aliphatic heterocycles. The summed E-state index contributed by atoms with van der Waals surface area (Å²) in [4.78, 5) is 29.4. The molecule has 1 atom stereocenters. The van der Waals surface area contributed by atoms with E-state index in [9.17, 15) is 14.7 Å². The van der Waals surface area contributed by atoms with E-state index in [0.29, 0.717) is 35.4 Å². The summed E-state index contributed by atoms with van der Waals surface area (Å²) in [5.41, 5.74) is 2.41. The molecule has 5 aromatic rings. The summed E-state index contributed by atoms with van der Waals surface area (Å²) in [6, 6.07) is 20.0. The van der Waals surface area contributed by atoms with Crippen LogP contribution in [0.4, 0.5) is 0 Å². The van der Waals surface area contributed by atoms with E-state index in [2.05, 4.69) is 10.3 Å². The summed E-state index contributed by atoms with van der Waals surface area (Å²) in [5.74, 6) is -0.105. The number of aromatic nitrogens is 1. The summed E-state index contributed by atoms with van der Waals surface area (Å²) in [5, 5.41) is 15.6. The number of nitrogens with one attached hydrogen (secondary N) is 2. The number of carbonyl (C=O) groups is 1. The number of hydrogen-bond acceptors (Lipinski definition) is 6. The van der Waals surface area contributed by atoms with Crippen LogP contribution in [0.25, 0.3) is 21.9 Å². The summed E-state index contributed by atoms with van der Waals surface area (Å²) in [7, 11) is 0. The number of rotatable bonds is 7. The smallest absolute Gasteiger partial charge is 0.343 e. The molecule has 2 aromatic heterocycles. The average Bonchev–Trinajstić information content (AvgIpc) is 3.55. The van der Waals surface area contributed by atoms with Crippen molar-refractivity contribution in [3.8, 4) is 17.2 Å². The Bertz CT molecular complexity index is 1690. The summed E-state index contributed by atoms with van der Waals surface area (Å²) >= 11 is 0. The van der Waals surface area contributed by atoms with Gasteiger partial charge in [-0.3, -0.25) is 4.79 Å². The molecule has 1 unspecified atom stereocenters. The van der Waals surface area contributed by atoms with E-state index in [-0.39, 0.29) is 36.0 Å². The third kappa shape index (κ3) is 4.27. The zero-order chi connectivity index (χ0) is 25.4. The maximum absolute atomic E-state index is 13.1. The summed E-state index contributed by atoms with van der Waals surface area (Å²) in [6.07, 6.45) is 2.53. The molecule has 1 aliphatic rings. The van der Waals surface area contributed by atoms with E-state index in [0.717, 1.165) is 16.5 Å². The second-order valence-corrected chi connectivity index (χ2v) is 8.98. The molecule has 3 N–H and O–H groups in total. The van der Waals surface area contributed by atoms with Gasteiger partial charge in [0.1, 0.15) is 11.3 Å². The van der Waals surface area contributed by atoms with Gasteiger partial charge in [0.05, 0.1) is 10.9 Å². The zero-order valence-electron chi connectivity index (χ0n) is 19.8. The van der Waals surface area contributed by atoms with Crippen LogP contribution in [0, 0.1) is 0 Å². The third-order valence-corrected chi connectivity index (χ3v) is 6.75. The van der Waals surface area contributed by atoms with Crippen LogP contribution in [0.2, 0.25) is 0 Å². The number of H-pyrrole nitrogens is 1. The SMILES string of the molecule is O=C(CC(c1ccc2c(c1)OCO2)c1c(O)c2ccccc2oc1=O)NCCc1c[nH]c2ccccc12. The van der Waals surface area contributed by atoms with E-state index < -0.39 is 11.5 Å². The van der Waals surface area contributed by atoms with Crippen molar-refractivity contribution in [2.45, 2.75) is 18.8 Å². The Hall–Kier alpha value is -4.72. The Morgan fingerprint density at radius 1 is 1.00 bits per heavy atom. The quantitative estimate of drug-likeness (QED) is 0.284. The molecule has 8 nitrogen and oxygen atoms in total. The number of ether oxygens (including phenoxy) is 2. The molecule has 186 valence electrons. The summed E-state index contributed by atoms with van der Waals surface area (Å²) in [6.45, 7) is 0.522. The second kappa shape index (κ2) is 9.39. The van der Waals surface area contributed by atoms with E-state index in [1.807, 2.05) is 30.5 Å². The van der Waals surface area contributed by atoms with Crippen LogP contribution in [0.3, 0.4) is 0 Å². The Kier molecular flexibility index (Phi) is 5.76. The fraction of sp³-hybridized carbons (Fsp3) is 0.172. The molecule has 0 aliphatic carbocycles. The maximum atomic E-state index is 13.1. The fourth-order valence-corrected chi connectivity index (χ4v) is 4.90. The van der Waals surface area contributed by atoms with Crippen LogP contribution >= 0.6 is 0 Å². The number of para-hydroxylation sites is 2.